The summed E-state index contributed by atoms with van der Waals surface area (Å²) in [6.07, 6.45) is 3.31. The smallest absolute Gasteiger partial charge is 0.407 e. The Morgan fingerprint density at radius 1 is 1.30 bits per heavy atom. The number of hydrogen-bond acceptors (Lipinski definition) is 3. The van der Waals surface area contributed by atoms with Gasteiger partial charge in [0, 0.05) is 6.54 Å². The zero-order chi connectivity index (χ0) is 15.2. The summed E-state index contributed by atoms with van der Waals surface area (Å²) in [5.41, 5.74) is -0.424. The number of rotatable bonds is 5. The summed E-state index contributed by atoms with van der Waals surface area (Å²) in [6.45, 7) is 13.1. The molecule has 1 heterocycles. The summed E-state index contributed by atoms with van der Waals surface area (Å²) in [7, 11) is 0. The van der Waals surface area contributed by atoms with Crippen molar-refractivity contribution in [3.05, 3.63) is 0 Å². The lowest BCUT2D eigenvalue weighted by atomic mass is 9.80. The highest BCUT2D eigenvalue weighted by Gasteiger charge is 2.25. The summed E-state index contributed by atoms with van der Waals surface area (Å²) in [4.78, 5) is 11.8. The van der Waals surface area contributed by atoms with Gasteiger partial charge in [-0.25, -0.2) is 4.79 Å². The molecule has 1 atom stereocenters. The van der Waals surface area contributed by atoms with Crippen LogP contribution in [0.4, 0.5) is 4.79 Å². The molecule has 0 unspecified atom stereocenters. The third-order valence-electron chi connectivity index (χ3n) is 3.73. The maximum atomic E-state index is 11.8. The Hall–Kier alpha value is -0.770. The highest BCUT2D eigenvalue weighted by molar-refractivity contribution is 5.67. The van der Waals surface area contributed by atoms with Crippen LogP contribution >= 0.6 is 0 Å². The Morgan fingerprint density at radius 2 is 1.90 bits per heavy atom. The molecule has 118 valence electrons. The second-order valence-corrected chi connectivity index (χ2v) is 7.36. The van der Waals surface area contributed by atoms with E-state index in [1.807, 2.05) is 20.8 Å². The monoisotopic (exact) mass is 284 g/mol. The summed E-state index contributed by atoms with van der Waals surface area (Å²) >= 11 is 0. The van der Waals surface area contributed by atoms with Gasteiger partial charge in [0.1, 0.15) is 5.60 Å². The first-order valence-electron chi connectivity index (χ1n) is 7.95. The normalized spacial score (nSPS) is 18.9. The van der Waals surface area contributed by atoms with Gasteiger partial charge >= 0.3 is 6.09 Å². The molecule has 0 aromatic rings. The van der Waals surface area contributed by atoms with E-state index in [4.69, 9.17) is 4.74 Å². The Morgan fingerprint density at radius 3 is 2.40 bits per heavy atom. The van der Waals surface area contributed by atoms with Crippen LogP contribution in [-0.4, -0.2) is 31.3 Å². The van der Waals surface area contributed by atoms with E-state index in [0.29, 0.717) is 17.8 Å². The van der Waals surface area contributed by atoms with Crippen LogP contribution in [0.1, 0.15) is 53.9 Å². The van der Waals surface area contributed by atoms with Crippen molar-refractivity contribution in [2.75, 3.05) is 19.6 Å². The summed E-state index contributed by atoms with van der Waals surface area (Å²) in [5.74, 6) is 1.94. The first kappa shape index (κ1) is 17.3. The quantitative estimate of drug-likeness (QED) is 0.815. The van der Waals surface area contributed by atoms with Crippen molar-refractivity contribution in [1.82, 2.24) is 10.6 Å². The zero-order valence-electron chi connectivity index (χ0n) is 13.8. The van der Waals surface area contributed by atoms with Crippen LogP contribution in [-0.2, 0) is 4.74 Å². The molecule has 0 radical (unpaired) electrons. The molecule has 1 aliphatic heterocycles. The predicted octanol–water partition coefficient (Wildman–Crippen LogP) is 3.17. The van der Waals surface area contributed by atoms with Gasteiger partial charge in [0.05, 0.1) is 0 Å². The third-order valence-corrected chi connectivity index (χ3v) is 3.73. The molecule has 1 fully saturated rings. The SMILES string of the molecule is CC(C)C[C@H](CNC(=O)OC(C)(C)C)C1CCNCC1. The van der Waals surface area contributed by atoms with Gasteiger partial charge < -0.3 is 15.4 Å². The lowest BCUT2D eigenvalue weighted by Gasteiger charge is -2.32. The molecule has 0 spiro atoms. The van der Waals surface area contributed by atoms with E-state index < -0.39 is 5.60 Å². The standard InChI is InChI=1S/C16H32N2O2/c1-12(2)10-14(13-6-8-17-9-7-13)11-18-15(19)20-16(3,4)5/h12-14,17H,6-11H2,1-5H3,(H,18,19)/t14-/m1/s1. The van der Waals surface area contributed by atoms with Crippen molar-refractivity contribution in [3.8, 4) is 0 Å². The number of amides is 1. The van der Waals surface area contributed by atoms with Crippen molar-refractivity contribution in [3.63, 3.8) is 0 Å². The maximum absolute atomic E-state index is 11.8. The van der Waals surface area contributed by atoms with Crippen LogP contribution in [0.3, 0.4) is 0 Å². The lowest BCUT2D eigenvalue weighted by molar-refractivity contribution is 0.0506. The van der Waals surface area contributed by atoms with Crippen LogP contribution in [0.2, 0.25) is 0 Å². The Kier molecular flexibility index (Phi) is 6.80. The average Bonchev–Trinajstić information content (AvgIpc) is 2.33. The van der Waals surface area contributed by atoms with Crippen molar-refractivity contribution in [2.24, 2.45) is 17.8 Å². The molecule has 0 saturated carbocycles. The Balaban J connectivity index is 2.45. The minimum atomic E-state index is -0.424. The van der Waals surface area contributed by atoms with Gasteiger partial charge in [0.2, 0.25) is 0 Å². The molecule has 4 heteroatoms. The second kappa shape index (κ2) is 7.87. The molecule has 1 rings (SSSR count). The number of alkyl carbamates (subject to hydrolysis) is 1. The van der Waals surface area contributed by atoms with Crippen LogP contribution in [0, 0.1) is 17.8 Å². The molecule has 2 N–H and O–H groups in total. The number of hydrogen-bond donors (Lipinski definition) is 2. The van der Waals surface area contributed by atoms with Gasteiger partial charge in [-0.15, -0.1) is 0 Å². The Bertz CT molecular complexity index is 291. The summed E-state index contributed by atoms with van der Waals surface area (Å²) in [5, 5.41) is 6.37. The first-order chi connectivity index (χ1) is 9.28. The minimum absolute atomic E-state index is 0.291. The number of ether oxygens (including phenoxy) is 1. The number of piperidine rings is 1. The summed E-state index contributed by atoms with van der Waals surface area (Å²) < 4.78 is 5.32. The van der Waals surface area contributed by atoms with Gasteiger partial charge in [0.25, 0.3) is 0 Å². The Labute approximate surface area is 124 Å². The number of carbonyl (C=O) groups excluding carboxylic acids is 1. The van der Waals surface area contributed by atoms with E-state index in [1.54, 1.807) is 0 Å². The van der Waals surface area contributed by atoms with Gasteiger partial charge in [-0.2, -0.15) is 0 Å². The fourth-order valence-corrected chi connectivity index (χ4v) is 2.89. The van der Waals surface area contributed by atoms with E-state index in [0.717, 1.165) is 19.6 Å². The third kappa shape index (κ3) is 7.13. The zero-order valence-corrected chi connectivity index (χ0v) is 13.8. The van der Waals surface area contributed by atoms with Gasteiger partial charge in [-0.1, -0.05) is 13.8 Å². The van der Waals surface area contributed by atoms with E-state index >= 15 is 0 Å². The number of nitrogens with one attached hydrogen (secondary N) is 2. The molecule has 20 heavy (non-hydrogen) atoms. The fourth-order valence-electron chi connectivity index (χ4n) is 2.89. The molecular weight excluding hydrogens is 252 g/mol. The topological polar surface area (TPSA) is 50.4 Å². The molecule has 1 aliphatic rings. The molecule has 0 aromatic heterocycles. The summed E-state index contributed by atoms with van der Waals surface area (Å²) in [6, 6.07) is 0. The van der Waals surface area contributed by atoms with Crippen LogP contribution in [0.25, 0.3) is 0 Å². The highest BCUT2D eigenvalue weighted by Crippen LogP contribution is 2.27. The van der Waals surface area contributed by atoms with E-state index in [-0.39, 0.29) is 6.09 Å². The first-order valence-corrected chi connectivity index (χ1v) is 7.95. The second-order valence-electron chi connectivity index (χ2n) is 7.36. The molecule has 0 aliphatic carbocycles. The van der Waals surface area contributed by atoms with E-state index in [9.17, 15) is 4.79 Å². The van der Waals surface area contributed by atoms with E-state index in [2.05, 4.69) is 24.5 Å². The van der Waals surface area contributed by atoms with E-state index in [1.165, 1.54) is 19.3 Å². The molecule has 0 aromatic carbocycles. The van der Waals surface area contributed by atoms with Crippen molar-refractivity contribution in [2.45, 2.75) is 59.5 Å². The van der Waals surface area contributed by atoms with Crippen molar-refractivity contribution < 1.29 is 9.53 Å². The molecule has 1 saturated heterocycles. The largest absolute Gasteiger partial charge is 0.444 e. The van der Waals surface area contributed by atoms with Gasteiger partial charge in [-0.3, -0.25) is 0 Å². The predicted molar refractivity (Wildman–Crippen MR) is 82.8 cm³/mol. The lowest BCUT2D eigenvalue weighted by Crippen LogP contribution is -2.40. The van der Waals surface area contributed by atoms with Crippen LogP contribution in [0.5, 0.6) is 0 Å². The van der Waals surface area contributed by atoms with Gasteiger partial charge in [0.15, 0.2) is 0 Å². The highest BCUT2D eigenvalue weighted by atomic mass is 16.6. The average molecular weight is 284 g/mol. The van der Waals surface area contributed by atoms with Crippen LogP contribution < -0.4 is 10.6 Å². The van der Waals surface area contributed by atoms with Gasteiger partial charge in [-0.05, 0) is 70.9 Å². The van der Waals surface area contributed by atoms with Crippen molar-refractivity contribution >= 4 is 6.09 Å². The number of carbonyl (C=O) groups is 1. The van der Waals surface area contributed by atoms with Crippen molar-refractivity contribution in [1.29, 1.82) is 0 Å². The minimum Gasteiger partial charge on any atom is -0.444 e. The maximum Gasteiger partial charge on any atom is 0.407 e. The molecule has 1 amide bonds. The fraction of sp³-hybridized carbons (Fsp3) is 0.938. The van der Waals surface area contributed by atoms with Crippen LogP contribution in [0.15, 0.2) is 0 Å². The molecule has 0 bridgehead atoms. The molecule has 4 nitrogen and oxygen atoms in total. The molecular formula is C16H32N2O2.